The number of aromatic amines is 2. The third-order valence-electron chi connectivity index (χ3n) is 14.6. The lowest BCUT2D eigenvalue weighted by Crippen LogP contribution is -2.51. The number of ether oxygens (including phenoxy) is 5. The lowest BCUT2D eigenvalue weighted by Gasteiger charge is -2.31. The number of nitrogens with one attached hydrogen (secondary N) is 4. The van der Waals surface area contributed by atoms with Crippen molar-refractivity contribution in [1.29, 1.82) is 0 Å². The van der Waals surface area contributed by atoms with Gasteiger partial charge in [0.15, 0.2) is 0 Å². The van der Waals surface area contributed by atoms with E-state index in [0.29, 0.717) is 61.6 Å². The fourth-order valence-corrected chi connectivity index (χ4v) is 10.7. The summed E-state index contributed by atoms with van der Waals surface area (Å²) in [5.41, 5.74) is 7.73. The smallest absolute Gasteiger partial charge is 0.407 e. The molecule has 10 rings (SSSR count). The average Bonchev–Trinajstić information content (AvgIpc) is 4.36. The van der Waals surface area contributed by atoms with Crippen molar-refractivity contribution in [2.75, 3.05) is 40.5 Å². The Bertz CT molecular complexity index is 3260. The van der Waals surface area contributed by atoms with Crippen LogP contribution in [0.5, 0.6) is 11.5 Å². The molecule has 6 unspecified atom stereocenters. The maximum atomic E-state index is 15.2. The highest BCUT2D eigenvalue weighted by Crippen LogP contribution is 2.47. The standard InChI is InChI=1S/C58H64FN9O9/c1-33(2)50(64-57(71)73-5)54(69)66-21-11-16-46(66)52-60-30-44(62-52)37-17-19-42-47-26-39-24-36(43-29-61-53(63-43)48-28-40(59)31-67(48)55(70)51(34(3)4)65-58(72)74-6)18-20-45(39)68(47)56(77-49(42)27-37)38-14-10-15-41(25-38)76-23-22-75-32-35-12-8-7-9-13-35/h7-10,12-15,17-20,24-27,29-30,33-34,40,46,48,50-51,56H,11,16,21-23,28,31-32H2,1-6H3,(H,60,62)(H,61,63)(H,64,71)(H,65,72). The van der Waals surface area contributed by atoms with Crippen molar-refractivity contribution in [3.8, 4) is 45.3 Å². The summed E-state index contributed by atoms with van der Waals surface area (Å²) in [6.45, 7) is 9.04. The van der Waals surface area contributed by atoms with Gasteiger partial charge in [0.2, 0.25) is 18.0 Å². The molecular weight excluding hydrogens is 986 g/mol. The lowest BCUT2D eigenvalue weighted by molar-refractivity contribution is -0.136. The molecule has 4 aromatic carbocycles. The van der Waals surface area contributed by atoms with E-state index in [1.165, 1.54) is 19.1 Å². The number of likely N-dealkylation sites (tertiary alicyclic amines) is 2. The fraction of sp³-hybridized carbons (Fsp3) is 0.379. The molecule has 19 heteroatoms. The van der Waals surface area contributed by atoms with Crippen LogP contribution in [0, 0.1) is 11.8 Å². The number of halogens is 1. The first-order valence-corrected chi connectivity index (χ1v) is 26.1. The molecule has 402 valence electrons. The molecule has 6 atom stereocenters. The molecule has 3 aliphatic rings. The van der Waals surface area contributed by atoms with Gasteiger partial charge in [-0.3, -0.25) is 9.59 Å². The Morgan fingerprint density at radius 3 is 2.10 bits per heavy atom. The normalized spacial score (nSPS) is 18.7. The molecule has 6 heterocycles. The second kappa shape index (κ2) is 22.6. The zero-order valence-corrected chi connectivity index (χ0v) is 44.0. The number of hydrogen-bond acceptors (Lipinski definition) is 11. The molecule has 2 fully saturated rings. The van der Waals surface area contributed by atoms with E-state index in [4.69, 9.17) is 28.7 Å². The van der Waals surface area contributed by atoms with Gasteiger partial charge >= 0.3 is 12.2 Å². The van der Waals surface area contributed by atoms with Gasteiger partial charge in [0.05, 0.1) is 81.1 Å². The number of H-pyrrole nitrogens is 2. The van der Waals surface area contributed by atoms with Gasteiger partial charge in [0, 0.05) is 40.6 Å². The van der Waals surface area contributed by atoms with E-state index >= 15 is 4.39 Å². The number of methoxy groups -OCH3 is 2. The summed E-state index contributed by atoms with van der Waals surface area (Å²) < 4.78 is 46.2. The Labute approximate surface area is 445 Å². The van der Waals surface area contributed by atoms with E-state index in [1.54, 1.807) is 17.3 Å². The van der Waals surface area contributed by atoms with E-state index in [1.807, 2.05) is 113 Å². The molecule has 18 nitrogen and oxygen atoms in total. The van der Waals surface area contributed by atoms with E-state index in [0.717, 1.165) is 56.5 Å². The minimum absolute atomic E-state index is 0.0575. The summed E-state index contributed by atoms with van der Waals surface area (Å²) in [5, 5.41) is 6.26. The topological polar surface area (TPSA) is 207 Å². The highest BCUT2D eigenvalue weighted by atomic mass is 19.1. The highest BCUT2D eigenvalue weighted by Gasteiger charge is 2.42. The number of carbonyl (C=O) groups is 4. The summed E-state index contributed by atoms with van der Waals surface area (Å²) in [4.78, 5) is 71.8. The second-order valence-corrected chi connectivity index (χ2v) is 20.4. The molecule has 7 aromatic rings. The van der Waals surface area contributed by atoms with Crippen LogP contribution in [0.15, 0.2) is 109 Å². The summed E-state index contributed by atoms with van der Waals surface area (Å²) in [6.07, 6.45) is 1.74. The maximum Gasteiger partial charge on any atom is 0.407 e. The van der Waals surface area contributed by atoms with Crippen LogP contribution < -0.4 is 20.1 Å². The average molecular weight is 1050 g/mol. The van der Waals surface area contributed by atoms with Crippen molar-refractivity contribution in [2.45, 2.75) is 90.1 Å². The predicted molar refractivity (Wildman–Crippen MR) is 285 cm³/mol. The van der Waals surface area contributed by atoms with Crippen molar-refractivity contribution in [3.63, 3.8) is 0 Å². The van der Waals surface area contributed by atoms with Gasteiger partial charge in [-0.15, -0.1) is 0 Å². The van der Waals surface area contributed by atoms with Crippen LogP contribution in [0.1, 0.15) is 88.0 Å². The Morgan fingerprint density at radius 1 is 0.753 bits per heavy atom. The summed E-state index contributed by atoms with van der Waals surface area (Å²) in [5.74, 6) is 1.37. The van der Waals surface area contributed by atoms with Crippen LogP contribution in [-0.2, 0) is 30.4 Å². The number of alkyl halides is 1. The van der Waals surface area contributed by atoms with Crippen LogP contribution in [0.2, 0.25) is 0 Å². The number of rotatable bonds is 17. The van der Waals surface area contributed by atoms with E-state index in [2.05, 4.69) is 42.3 Å². The van der Waals surface area contributed by atoms with Gasteiger partial charge in [-0.2, -0.15) is 0 Å². The number of aromatic nitrogens is 5. The van der Waals surface area contributed by atoms with E-state index in [-0.39, 0.29) is 36.8 Å². The number of hydrogen-bond donors (Lipinski definition) is 4. The van der Waals surface area contributed by atoms with Gasteiger partial charge in [-0.25, -0.2) is 23.9 Å². The van der Waals surface area contributed by atoms with Crippen molar-refractivity contribution >= 4 is 34.9 Å². The van der Waals surface area contributed by atoms with Crippen LogP contribution in [0.25, 0.3) is 44.7 Å². The number of alkyl carbamates (subject to hydrolysis) is 2. The molecule has 0 aliphatic carbocycles. The molecule has 3 aliphatic heterocycles. The van der Waals surface area contributed by atoms with Crippen LogP contribution in [-0.4, -0.2) is 117 Å². The maximum absolute atomic E-state index is 15.2. The monoisotopic (exact) mass is 1050 g/mol. The Balaban J connectivity index is 0.951. The minimum Gasteiger partial charge on any atom is -0.491 e. The van der Waals surface area contributed by atoms with Gasteiger partial charge < -0.3 is 58.7 Å². The molecule has 0 spiro atoms. The summed E-state index contributed by atoms with van der Waals surface area (Å²) in [6, 6.07) is 29.5. The SMILES string of the molecule is COC(=O)NC(C(=O)N1CCCC1c1ncc(-c2ccc3c(c2)OC(c2cccc(OCCOCc4ccccc4)c2)n2c-3cc3cc(-c4cnc(C5CC(F)CN5C(=O)C(NC(=O)OC)C(C)C)[nH]4)ccc32)[nH]1)C(C)C. The summed E-state index contributed by atoms with van der Waals surface area (Å²) in [7, 11) is 2.51. The predicted octanol–water partition coefficient (Wildman–Crippen LogP) is 9.66. The highest BCUT2D eigenvalue weighted by molar-refractivity contribution is 5.93. The first-order chi connectivity index (χ1) is 37.3. The molecule has 0 saturated carbocycles. The molecule has 0 bridgehead atoms. The molecule has 3 aromatic heterocycles. The number of amides is 4. The zero-order valence-electron chi connectivity index (χ0n) is 44.0. The zero-order chi connectivity index (χ0) is 53.9. The molecule has 77 heavy (non-hydrogen) atoms. The summed E-state index contributed by atoms with van der Waals surface area (Å²) >= 11 is 0. The van der Waals surface area contributed by atoms with Crippen molar-refractivity contribution in [1.82, 2.24) is 44.9 Å². The van der Waals surface area contributed by atoms with Crippen LogP contribution in [0.3, 0.4) is 0 Å². The van der Waals surface area contributed by atoms with Crippen LogP contribution >= 0.6 is 0 Å². The second-order valence-electron chi connectivity index (χ2n) is 20.4. The van der Waals surface area contributed by atoms with Gasteiger partial charge in [-0.1, -0.05) is 82.3 Å². The first-order valence-electron chi connectivity index (χ1n) is 26.1. The van der Waals surface area contributed by atoms with E-state index < -0.39 is 48.6 Å². The Kier molecular flexibility index (Phi) is 15.3. The quantitative estimate of drug-likeness (QED) is 0.0632. The van der Waals surface area contributed by atoms with Gasteiger partial charge in [0.25, 0.3) is 0 Å². The van der Waals surface area contributed by atoms with Crippen molar-refractivity contribution in [2.24, 2.45) is 11.8 Å². The molecular formula is C58H64FN9O9. The van der Waals surface area contributed by atoms with Gasteiger partial charge in [-0.05, 0) is 72.7 Å². The molecule has 4 amide bonds. The third kappa shape index (κ3) is 10.9. The van der Waals surface area contributed by atoms with Crippen LogP contribution in [0.4, 0.5) is 14.0 Å². The minimum atomic E-state index is -1.27. The van der Waals surface area contributed by atoms with Crippen molar-refractivity contribution in [3.05, 3.63) is 132 Å². The fourth-order valence-electron chi connectivity index (χ4n) is 10.7. The first kappa shape index (κ1) is 52.3. The molecule has 2 saturated heterocycles. The van der Waals surface area contributed by atoms with Gasteiger partial charge in [0.1, 0.15) is 48.0 Å². The third-order valence-corrected chi connectivity index (χ3v) is 14.6. The number of fused-ring (bicyclic) bond motifs is 5. The number of benzene rings is 4. The number of carbonyl (C=O) groups excluding carboxylic acids is 4. The number of imidazole rings is 2. The molecule has 0 radical (unpaired) electrons. The van der Waals surface area contributed by atoms with E-state index in [9.17, 15) is 19.2 Å². The Morgan fingerprint density at radius 2 is 1.42 bits per heavy atom. The largest absolute Gasteiger partial charge is 0.491 e. The number of nitrogens with zero attached hydrogens (tertiary/aromatic N) is 5. The van der Waals surface area contributed by atoms with Crippen molar-refractivity contribution < 1.29 is 47.3 Å². The Hall–Kier alpha value is -8.19. The lowest BCUT2D eigenvalue weighted by atomic mass is 10.0. The molecule has 4 N–H and O–H groups in total.